The first-order chi connectivity index (χ1) is 27.1. The predicted octanol–water partition coefficient (Wildman–Crippen LogP) is 10.0. The number of halogens is 2. The van der Waals surface area contributed by atoms with Gasteiger partial charge in [-0.25, -0.2) is 0 Å². The second kappa shape index (κ2) is 20.4. The van der Waals surface area contributed by atoms with Crippen LogP contribution in [0.5, 0.6) is 0 Å². The number of aryl methyl sites for hydroxylation is 2. The van der Waals surface area contributed by atoms with E-state index in [0.717, 1.165) is 19.3 Å². The molecule has 0 N–H and O–H groups in total. The second-order valence-electron chi connectivity index (χ2n) is 14.6. The summed E-state index contributed by atoms with van der Waals surface area (Å²) in [4.78, 5) is 0. The first-order valence-corrected chi connectivity index (χ1v) is 19.9. The zero-order valence-electron chi connectivity index (χ0n) is 33.4. The number of benzene rings is 8. The van der Waals surface area contributed by atoms with Gasteiger partial charge in [-0.15, -0.1) is 69.1 Å². The van der Waals surface area contributed by atoms with Gasteiger partial charge in [-0.3, -0.25) is 0 Å². The van der Waals surface area contributed by atoms with Crippen LogP contribution in [0.2, 0.25) is 0 Å². The fraction of sp³-hybridized carbons (Fsp3) is 0.127. The topological polar surface area (TPSA) is 0 Å². The molecule has 290 valence electrons. The van der Waals surface area contributed by atoms with Gasteiger partial charge in [-0.1, -0.05) is 147 Å². The van der Waals surface area contributed by atoms with Crippen LogP contribution in [0.1, 0.15) is 44.2 Å². The summed E-state index contributed by atoms with van der Waals surface area (Å²) < 4.78 is 0. The normalized spacial score (nSPS) is 10.7. The Morgan fingerprint density at radius 1 is 0.397 bits per heavy atom. The third-order valence-corrected chi connectivity index (χ3v) is 10.8. The average Bonchev–Trinajstić information content (AvgIpc) is 3.84. The van der Waals surface area contributed by atoms with Gasteiger partial charge in [0.05, 0.1) is 0 Å². The Morgan fingerprint density at radius 2 is 0.707 bits per heavy atom. The van der Waals surface area contributed by atoms with Crippen molar-refractivity contribution in [1.82, 2.24) is 0 Å². The zero-order valence-corrected chi connectivity index (χ0v) is 37.3. The first kappa shape index (κ1) is 44.6. The summed E-state index contributed by atoms with van der Waals surface area (Å²) in [5.41, 5.74) is 8.30. The van der Waals surface area contributed by atoms with Crippen LogP contribution in [-0.2, 0) is 39.0 Å². The van der Waals surface area contributed by atoms with Crippen molar-refractivity contribution in [3.8, 4) is 22.3 Å². The number of fused-ring (bicyclic) bond motifs is 6. The maximum Gasteiger partial charge on any atom is 2.00 e. The minimum atomic E-state index is 0. The third kappa shape index (κ3) is 8.89. The van der Waals surface area contributed by atoms with Gasteiger partial charge >= 0.3 is 26.2 Å². The Hall–Kier alpha value is -4.52. The molecule has 0 saturated heterocycles. The van der Waals surface area contributed by atoms with Crippen LogP contribution < -0.4 is 24.8 Å². The molecule has 0 aromatic heterocycles. The van der Waals surface area contributed by atoms with Crippen LogP contribution in [0, 0.1) is 13.8 Å². The molecule has 0 nitrogen and oxygen atoms in total. The van der Waals surface area contributed by atoms with Gasteiger partial charge in [0.2, 0.25) is 0 Å². The van der Waals surface area contributed by atoms with E-state index >= 15 is 0 Å². The smallest absolute Gasteiger partial charge is 1.00 e. The quantitative estimate of drug-likeness (QED) is 0.115. The van der Waals surface area contributed by atoms with Crippen molar-refractivity contribution in [2.75, 3.05) is 0 Å². The monoisotopic (exact) mass is 868 g/mol. The van der Waals surface area contributed by atoms with Gasteiger partial charge < -0.3 is 45.1 Å². The Bertz CT molecular complexity index is 2600. The first-order valence-electron chi connectivity index (χ1n) is 19.9. The van der Waals surface area contributed by atoms with Gasteiger partial charge in [-0.05, 0) is 79.2 Å². The summed E-state index contributed by atoms with van der Waals surface area (Å²) in [7, 11) is 0. The molecule has 0 radical (unpaired) electrons. The number of hydrogen-bond acceptors (Lipinski definition) is 0. The third-order valence-electron chi connectivity index (χ3n) is 10.8. The summed E-state index contributed by atoms with van der Waals surface area (Å²) in [6, 6.07) is 62.6. The maximum atomic E-state index is 3.38. The molecule has 0 fully saturated rings. The molecule has 0 aliphatic carbocycles. The van der Waals surface area contributed by atoms with Crippen LogP contribution in [0.25, 0.3) is 86.9 Å². The molecule has 0 bridgehead atoms. The van der Waals surface area contributed by atoms with E-state index in [1.807, 2.05) is 0 Å². The van der Waals surface area contributed by atoms with Gasteiger partial charge in [0.25, 0.3) is 0 Å². The number of rotatable bonds is 6. The fourth-order valence-electron chi connectivity index (χ4n) is 8.50. The van der Waals surface area contributed by atoms with E-state index in [9.17, 15) is 0 Å². The fourth-order valence-corrected chi connectivity index (χ4v) is 8.50. The van der Waals surface area contributed by atoms with E-state index in [2.05, 4.69) is 198 Å². The van der Waals surface area contributed by atoms with Crippen LogP contribution >= 0.6 is 0 Å². The summed E-state index contributed by atoms with van der Waals surface area (Å²) in [6.07, 6.45) is 5.40. The van der Waals surface area contributed by atoms with Gasteiger partial charge in [-0.2, -0.15) is 12.1 Å². The predicted molar refractivity (Wildman–Crippen MR) is 243 cm³/mol. The second-order valence-corrected chi connectivity index (χ2v) is 14.6. The molecule has 0 unspecified atom stereocenters. The van der Waals surface area contributed by atoms with Gasteiger partial charge in [0.1, 0.15) is 0 Å². The number of hydrogen-bond donors (Lipinski definition) is 0. The van der Waals surface area contributed by atoms with Crippen molar-refractivity contribution in [3.05, 3.63) is 195 Å². The van der Waals surface area contributed by atoms with Crippen LogP contribution in [0.15, 0.2) is 170 Å². The molecule has 58 heavy (non-hydrogen) atoms. The molecule has 0 spiro atoms. The SMILES string of the molecule is CCCc1cc2c(-c3c4ccccc4cc4ccccc34)cccc2[cH-]1.CCCc1cc2c(-c3c4ccccc4cc4ccccc34)cccc2[cH-]1.[CH2-]C[CH2-].[Cl-].[Cl-].[Zr+2]. The molecule has 10 aromatic carbocycles. The molecular weight excluding hydrogens is 823 g/mol. The van der Waals surface area contributed by atoms with E-state index in [4.69, 9.17) is 0 Å². The van der Waals surface area contributed by atoms with Crippen molar-refractivity contribution in [1.29, 1.82) is 0 Å². The van der Waals surface area contributed by atoms with Crippen LogP contribution in [0.4, 0.5) is 0 Å². The van der Waals surface area contributed by atoms with E-state index in [-0.39, 0.29) is 51.0 Å². The van der Waals surface area contributed by atoms with Crippen molar-refractivity contribution < 1.29 is 51.0 Å². The standard InChI is InChI=1S/2C26H21.C3H6.2ClH.Zr/c2*1-2-8-18-15-19-11-7-14-24(25(19)16-18)26-22-12-5-3-9-20(22)17-21-10-4-6-13-23(21)26;1-3-2;;;/h2*3-7,9-17H,2,8H2,1H3;1-3H2;2*1H;/q2*-1;-2;;;+2/p-2. The Kier molecular flexibility index (Phi) is 15.7. The van der Waals surface area contributed by atoms with Crippen molar-refractivity contribution >= 4 is 64.6 Å². The van der Waals surface area contributed by atoms with E-state index < -0.39 is 0 Å². The Morgan fingerprint density at radius 3 is 1.02 bits per heavy atom. The molecule has 10 rings (SSSR count). The molecule has 0 saturated carbocycles. The maximum absolute atomic E-state index is 3.38. The molecule has 10 aromatic rings. The van der Waals surface area contributed by atoms with E-state index in [1.54, 1.807) is 0 Å². The molecule has 0 amide bonds. The summed E-state index contributed by atoms with van der Waals surface area (Å²) in [5, 5.41) is 16.0. The largest absolute Gasteiger partial charge is 2.00 e. The van der Waals surface area contributed by atoms with Crippen molar-refractivity contribution in [2.24, 2.45) is 0 Å². The summed E-state index contributed by atoms with van der Waals surface area (Å²) in [5.74, 6) is 0. The Labute approximate surface area is 376 Å². The van der Waals surface area contributed by atoms with E-state index in [0.29, 0.717) is 0 Å². The summed E-state index contributed by atoms with van der Waals surface area (Å²) in [6.45, 7) is 11.2. The minimum Gasteiger partial charge on any atom is -1.00 e. The molecular formula is C55H48Cl2Zr-4. The van der Waals surface area contributed by atoms with Gasteiger partial charge in [0, 0.05) is 0 Å². The van der Waals surface area contributed by atoms with Gasteiger partial charge in [0.15, 0.2) is 0 Å². The molecule has 3 heteroatoms. The minimum absolute atomic E-state index is 0. The molecule has 0 aliphatic rings. The molecule has 0 aliphatic heterocycles. The molecule has 0 atom stereocenters. The average molecular weight is 871 g/mol. The van der Waals surface area contributed by atoms with Crippen molar-refractivity contribution in [3.63, 3.8) is 0 Å². The zero-order chi connectivity index (χ0) is 37.7. The van der Waals surface area contributed by atoms with E-state index in [1.165, 1.54) is 111 Å². The van der Waals surface area contributed by atoms with Crippen molar-refractivity contribution in [2.45, 2.75) is 46.0 Å². The molecule has 0 heterocycles. The van der Waals surface area contributed by atoms with Crippen LogP contribution in [-0.4, -0.2) is 0 Å². The summed E-state index contributed by atoms with van der Waals surface area (Å²) >= 11 is 0. The van der Waals surface area contributed by atoms with Crippen LogP contribution in [0.3, 0.4) is 0 Å². The Balaban J connectivity index is 0.000000198.